The number of rotatable bonds is 4. The molecule has 0 saturated heterocycles. The SMILES string of the molecule is C=C(C=O)CN1Cc2c(cc(N)cc2-c2ccc3c(c2)c(C)nn3C(=O)OC(C)(C)C)C1=O.CC.CN. The van der Waals surface area contributed by atoms with Crippen LogP contribution in [0.2, 0.25) is 0 Å². The third-order valence-electron chi connectivity index (χ3n) is 5.44. The molecule has 0 bridgehead atoms. The number of aryl methyl sites for hydroxylation is 1. The Hall–Kier alpha value is -3.98. The Labute approximate surface area is 218 Å². The van der Waals surface area contributed by atoms with Crippen molar-refractivity contribution >= 4 is 34.9 Å². The number of amides is 1. The van der Waals surface area contributed by atoms with E-state index in [0.717, 1.165) is 22.1 Å². The molecule has 2 aromatic carbocycles. The van der Waals surface area contributed by atoms with Crippen LogP contribution in [0.1, 0.15) is 56.2 Å². The normalized spacial score (nSPS) is 12.2. The Bertz CT molecular complexity index is 1330. The number of nitrogens with zero attached hydrogens (tertiary/aromatic N) is 3. The summed E-state index contributed by atoms with van der Waals surface area (Å²) in [6.07, 6.45) is 0.111. The number of carbonyl (C=O) groups excluding carboxylic acids is 3. The minimum absolute atomic E-state index is 0.164. The zero-order valence-corrected chi connectivity index (χ0v) is 22.7. The molecule has 1 aliphatic heterocycles. The number of aldehydes is 1. The summed E-state index contributed by atoms with van der Waals surface area (Å²) >= 11 is 0. The van der Waals surface area contributed by atoms with Crippen molar-refractivity contribution in [2.75, 3.05) is 19.3 Å². The van der Waals surface area contributed by atoms with Gasteiger partial charge in [-0.3, -0.25) is 9.59 Å². The van der Waals surface area contributed by atoms with Crippen LogP contribution in [0.25, 0.3) is 22.0 Å². The summed E-state index contributed by atoms with van der Waals surface area (Å²) in [7, 11) is 1.50. The van der Waals surface area contributed by atoms with Gasteiger partial charge in [-0.2, -0.15) is 9.78 Å². The number of anilines is 1. The third kappa shape index (κ3) is 6.24. The lowest BCUT2D eigenvalue weighted by Gasteiger charge is -2.19. The number of carbonyl (C=O) groups is 3. The molecule has 0 atom stereocenters. The Morgan fingerprint density at radius 1 is 1.16 bits per heavy atom. The standard InChI is InChI=1S/C25H26N4O4.C2H6.CH5N/c1-14(13-30)11-28-12-21-19(9-17(26)10-20(21)23(28)31)16-6-7-22-18(8-16)15(2)27-29(22)24(32)33-25(3,4)5;2*1-2/h6-10,13H,1,11-12,26H2,2-5H3;1-2H3;2H2,1H3. The maximum absolute atomic E-state index is 12.9. The molecule has 0 aliphatic carbocycles. The van der Waals surface area contributed by atoms with E-state index < -0.39 is 11.7 Å². The average Bonchev–Trinajstić information content (AvgIpc) is 3.36. The van der Waals surface area contributed by atoms with E-state index in [1.54, 1.807) is 31.7 Å². The summed E-state index contributed by atoms with van der Waals surface area (Å²) in [5, 5.41) is 5.17. The number of hydrogen-bond acceptors (Lipinski definition) is 7. The molecule has 0 radical (unpaired) electrons. The van der Waals surface area contributed by atoms with Crippen LogP contribution in [0, 0.1) is 6.92 Å². The first kappa shape index (κ1) is 29.3. The van der Waals surface area contributed by atoms with Gasteiger partial charge in [-0.1, -0.05) is 26.5 Å². The van der Waals surface area contributed by atoms with Crippen molar-refractivity contribution < 1.29 is 19.1 Å². The van der Waals surface area contributed by atoms with Crippen LogP contribution in [0.5, 0.6) is 0 Å². The van der Waals surface area contributed by atoms with Crippen LogP contribution >= 0.6 is 0 Å². The molecule has 1 amide bonds. The Kier molecular flexibility index (Phi) is 9.36. The molecular formula is C28H37N5O4. The smallest absolute Gasteiger partial charge is 0.435 e. The summed E-state index contributed by atoms with van der Waals surface area (Å²) in [5.41, 5.74) is 15.1. The van der Waals surface area contributed by atoms with Gasteiger partial charge in [0.15, 0.2) is 0 Å². The second kappa shape index (κ2) is 11.8. The van der Waals surface area contributed by atoms with Gasteiger partial charge < -0.3 is 21.1 Å². The van der Waals surface area contributed by atoms with E-state index in [1.807, 2.05) is 45.0 Å². The molecule has 3 aromatic rings. The Morgan fingerprint density at radius 3 is 2.38 bits per heavy atom. The van der Waals surface area contributed by atoms with Crippen LogP contribution in [-0.4, -0.2) is 52.2 Å². The van der Waals surface area contributed by atoms with Crippen molar-refractivity contribution in [1.29, 1.82) is 0 Å². The van der Waals surface area contributed by atoms with Gasteiger partial charge >= 0.3 is 6.09 Å². The number of hydrogen-bond donors (Lipinski definition) is 2. The minimum atomic E-state index is -0.640. The van der Waals surface area contributed by atoms with Crippen LogP contribution in [0.3, 0.4) is 0 Å². The molecule has 37 heavy (non-hydrogen) atoms. The summed E-state index contributed by atoms with van der Waals surface area (Å²) in [5.74, 6) is -0.184. The molecule has 0 unspecified atom stereocenters. The maximum atomic E-state index is 12.9. The predicted octanol–water partition coefficient (Wildman–Crippen LogP) is 4.69. The molecular weight excluding hydrogens is 470 g/mol. The van der Waals surface area contributed by atoms with E-state index in [4.69, 9.17) is 10.5 Å². The van der Waals surface area contributed by atoms with Gasteiger partial charge in [-0.15, -0.1) is 0 Å². The van der Waals surface area contributed by atoms with Crippen molar-refractivity contribution in [3.8, 4) is 11.1 Å². The summed E-state index contributed by atoms with van der Waals surface area (Å²) in [4.78, 5) is 38.1. The highest BCUT2D eigenvalue weighted by Crippen LogP contribution is 2.36. The Morgan fingerprint density at radius 2 is 1.78 bits per heavy atom. The van der Waals surface area contributed by atoms with E-state index >= 15 is 0 Å². The van der Waals surface area contributed by atoms with Gasteiger partial charge in [0.25, 0.3) is 5.91 Å². The molecule has 4 N–H and O–H groups in total. The topological polar surface area (TPSA) is 134 Å². The zero-order valence-electron chi connectivity index (χ0n) is 22.7. The van der Waals surface area contributed by atoms with E-state index in [2.05, 4.69) is 17.4 Å². The summed E-state index contributed by atoms with van der Waals surface area (Å²) < 4.78 is 6.73. The van der Waals surface area contributed by atoms with Crippen molar-refractivity contribution in [1.82, 2.24) is 14.7 Å². The largest absolute Gasteiger partial charge is 0.442 e. The molecule has 2 heterocycles. The molecule has 0 spiro atoms. The van der Waals surface area contributed by atoms with Crippen LogP contribution in [0.15, 0.2) is 42.5 Å². The fourth-order valence-electron chi connectivity index (χ4n) is 4.04. The molecule has 0 fully saturated rings. The lowest BCUT2D eigenvalue weighted by atomic mass is 9.95. The van der Waals surface area contributed by atoms with E-state index in [0.29, 0.717) is 40.9 Å². The minimum Gasteiger partial charge on any atom is -0.442 e. The number of ether oxygens (including phenoxy) is 1. The molecule has 1 aliphatic rings. The first-order valence-corrected chi connectivity index (χ1v) is 12.1. The second-order valence-corrected chi connectivity index (χ2v) is 9.24. The monoisotopic (exact) mass is 507 g/mol. The molecule has 198 valence electrons. The highest BCUT2D eigenvalue weighted by atomic mass is 16.6. The highest BCUT2D eigenvalue weighted by molar-refractivity contribution is 6.03. The quantitative estimate of drug-likeness (QED) is 0.297. The Balaban J connectivity index is 0.00000115. The first-order chi connectivity index (χ1) is 17.5. The van der Waals surface area contributed by atoms with Crippen LogP contribution in [-0.2, 0) is 16.1 Å². The lowest BCUT2D eigenvalue weighted by molar-refractivity contribution is -0.105. The van der Waals surface area contributed by atoms with Gasteiger partial charge in [0, 0.05) is 35.3 Å². The van der Waals surface area contributed by atoms with Crippen molar-refractivity contribution in [3.63, 3.8) is 0 Å². The highest BCUT2D eigenvalue weighted by Gasteiger charge is 2.31. The van der Waals surface area contributed by atoms with Crippen molar-refractivity contribution in [2.45, 2.75) is 53.7 Å². The summed E-state index contributed by atoms with van der Waals surface area (Å²) in [6.45, 7) is 15.4. The second-order valence-electron chi connectivity index (χ2n) is 9.24. The zero-order chi connectivity index (χ0) is 28.1. The molecule has 9 heteroatoms. The van der Waals surface area contributed by atoms with Gasteiger partial charge in [0.2, 0.25) is 0 Å². The fourth-order valence-corrected chi connectivity index (χ4v) is 4.04. The van der Waals surface area contributed by atoms with Gasteiger partial charge in [0.1, 0.15) is 11.9 Å². The predicted molar refractivity (Wildman–Crippen MR) is 147 cm³/mol. The number of aromatic nitrogens is 2. The fraction of sp³-hybridized carbons (Fsp3) is 0.357. The molecule has 9 nitrogen and oxygen atoms in total. The number of fused-ring (bicyclic) bond motifs is 2. The molecule has 4 rings (SSSR count). The summed E-state index contributed by atoms with van der Waals surface area (Å²) in [6, 6.07) is 9.11. The van der Waals surface area contributed by atoms with E-state index in [-0.39, 0.29) is 12.5 Å². The molecule has 1 aromatic heterocycles. The number of nitrogens with two attached hydrogens (primary N) is 2. The molecule has 0 saturated carbocycles. The van der Waals surface area contributed by atoms with Crippen molar-refractivity contribution in [2.24, 2.45) is 5.73 Å². The number of benzene rings is 2. The van der Waals surface area contributed by atoms with Crippen LogP contribution < -0.4 is 11.5 Å². The maximum Gasteiger partial charge on any atom is 0.435 e. The first-order valence-electron chi connectivity index (χ1n) is 12.1. The lowest BCUT2D eigenvalue weighted by Crippen LogP contribution is -2.27. The van der Waals surface area contributed by atoms with E-state index in [9.17, 15) is 14.4 Å². The van der Waals surface area contributed by atoms with Crippen LogP contribution in [0.4, 0.5) is 10.5 Å². The van der Waals surface area contributed by atoms with Gasteiger partial charge in [-0.05, 0) is 75.7 Å². The van der Waals surface area contributed by atoms with Gasteiger partial charge in [0.05, 0.1) is 11.2 Å². The average molecular weight is 508 g/mol. The van der Waals surface area contributed by atoms with Crippen molar-refractivity contribution in [3.05, 3.63) is 59.3 Å². The van der Waals surface area contributed by atoms with E-state index in [1.165, 1.54) is 11.7 Å². The van der Waals surface area contributed by atoms with Gasteiger partial charge in [-0.25, -0.2) is 4.79 Å². The number of nitrogen functional groups attached to an aromatic ring is 1. The third-order valence-corrected chi connectivity index (χ3v) is 5.44.